The van der Waals surface area contributed by atoms with Crippen molar-refractivity contribution in [2.75, 3.05) is 33.9 Å². The molecule has 194 valence electrons. The molecule has 0 aromatic rings. The molecule has 5 nitrogen and oxygen atoms in total. The molecule has 2 rings (SSSR count). The Bertz CT molecular complexity index is 454. The Labute approximate surface area is 205 Å². The van der Waals surface area contributed by atoms with Crippen molar-refractivity contribution < 1.29 is 19.1 Å². The molecule has 0 saturated carbocycles. The number of carbonyl (C=O) groups is 2. The zero-order valence-electron chi connectivity index (χ0n) is 22.2. The van der Waals surface area contributed by atoms with Crippen LogP contribution >= 0.6 is 0 Å². The van der Waals surface area contributed by atoms with Gasteiger partial charge in [-0.3, -0.25) is 0 Å². The van der Waals surface area contributed by atoms with Crippen molar-refractivity contribution in [2.45, 2.75) is 110 Å². The highest BCUT2D eigenvalue weighted by atomic mass is 16.6. The number of nitrogens with zero attached hydrogens (tertiary/aromatic N) is 1. The number of esters is 2. The summed E-state index contributed by atoms with van der Waals surface area (Å²) in [7, 11) is 4.32. The summed E-state index contributed by atoms with van der Waals surface area (Å²) in [6.07, 6.45) is 25.1. The highest BCUT2D eigenvalue weighted by Gasteiger charge is 2.10. The zero-order valence-corrected chi connectivity index (χ0v) is 22.2. The fourth-order valence-electron chi connectivity index (χ4n) is 2.93. The molecule has 2 aliphatic rings. The lowest BCUT2D eigenvalue weighted by atomic mass is 10.1. The van der Waals surface area contributed by atoms with E-state index >= 15 is 0 Å². The van der Waals surface area contributed by atoms with E-state index in [0.717, 1.165) is 25.4 Å². The molecular formula is C28H53NO4. The maximum absolute atomic E-state index is 9.92. The summed E-state index contributed by atoms with van der Waals surface area (Å²) in [6.45, 7) is 11.4. The second-order valence-electron chi connectivity index (χ2n) is 8.81. The lowest BCUT2D eigenvalue weighted by Gasteiger charge is -2.08. The Kier molecular flexibility index (Phi) is 29.2. The van der Waals surface area contributed by atoms with E-state index in [1.807, 2.05) is 6.08 Å². The van der Waals surface area contributed by atoms with Gasteiger partial charge < -0.3 is 14.4 Å². The first-order chi connectivity index (χ1) is 16.0. The van der Waals surface area contributed by atoms with Crippen LogP contribution in [0.2, 0.25) is 0 Å². The molecule has 5 heteroatoms. The van der Waals surface area contributed by atoms with E-state index in [9.17, 15) is 9.59 Å². The summed E-state index contributed by atoms with van der Waals surface area (Å²) in [5, 5.41) is 0. The van der Waals surface area contributed by atoms with Crippen molar-refractivity contribution in [3.05, 3.63) is 24.8 Å². The van der Waals surface area contributed by atoms with Crippen LogP contribution in [0, 0.1) is 0 Å². The topological polar surface area (TPSA) is 59.1 Å². The average Bonchev–Trinajstić information content (AvgIpc) is 3.63. The Morgan fingerprint density at radius 3 is 1.45 bits per heavy atom. The summed E-state index contributed by atoms with van der Waals surface area (Å²) in [4.78, 5) is 22.1. The van der Waals surface area contributed by atoms with Gasteiger partial charge in [-0.2, -0.15) is 0 Å². The molecule has 1 saturated heterocycles. The highest BCUT2D eigenvalue weighted by Crippen LogP contribution is 2.10. The molecule has 0 N–H and O–H groups in total. The van der Waals surface area contributed by atoms with E-state index in [-0.39, 0.29) is 0 Å². The van der Waals surface area contributed by atoms with Crippen LogP contribution in [0.25, 0.3) is 0 Å². The van der Waals surface area contributed by atoms with Crippen LogP contribution in [0.4, 0.5) is 0 Å². The van der Waals surface area contributed by atoms with E-state index in [2.05, 4.69) is 48.9 Å². The Balaban J connectivity index is 0. The second-order valence-corrected chi connectivity index (χ2v) is 8.81. The molecule has 2 heterocycles. The van der Waals surface area contributed by atoms with E-state index < -0.39 is 11.9 Å². The maximum atomic E-state index is 9.92. The minimum atomic E-state index is -0.579. The summed E-state index contributed by atoms with van der Waals surface area (Å²) in [5.74, 6) is -1.16. The second kappa shape index (κ2) is 28.6. The Morgan fingerprint density at radius 2 is 1.15 bits per heavy atom. The van der Waals surface area contributed by atoms with Gasteiger partial charge in [0.2, 0.25) is 0 Å². The van der Waals surface area contributed by atoms with Crippen molar-refractivity contribution in [1.82, 2.24) is 4.90 Å². The number of hydrogen-bond acceptors (Lipinski definition) is 5. The molecule has 0 atom stereocenters. The number of rotatable bonds is 16. The Morgan fingerprint density at radius 1 is 0.758 bits per heavy atom. The third-order valence-electron chi connectivity index (χ3n) is 4.98. The van der Waals surface area contributed by atoms with Crippen molar-refractivity contribution >= 4 is 11.9 Å². The van der Waals surface area contributed by atoms with Gasteiger partial charge in [0.05, 0.1) is 13.2 Å². The van der Waals surface area contributed by atoms with Crippen LogP contribution in [0.1, 0.15) is 110 Å². The summed E-state index contributed by atoms with van der Waals surface area (Å²) in [5.41, 5.74) is 0. The molecule has 0 spiro atoms. The number of carbonyl (C=O) groups excluding carboxylic acids is 2. The van der Waals surface area contributed by atoms with Gasteiger partial charge in [-0.25, -0.2) is 9.59 Å². The smallest absolute Gasteiger partial charge is 0.338 e. The Hall–Kier alpha value is -1.46. The van der Waals surface area contributed by atoms with Gasteiger partial charge in [0.25, 0.3) is 0 Å². The lowest BCUT2D eigenvalue weighted by Crippen LogP contribution is -2.12. The van der Waals surface area contributed by atoms with Gasteiger partial charge in [-0.05, 0) is 39.9 Å². The SMILES string of the molecule is C1CO1.C=CCCCCCC.CCCCCCCCCCCCN(C)C.O=C1C=CC(=O)O1. The third-order valence-corrected chi connectivity index (χ3v) is 4.98. The monoisotopic (exact) mass is 467 g/mol. The van der Waals surface area contributed by atoms with Crippen LogP contribution in [0.15, 0.2) is 24.8 Å². The normalized spacial score (nSPS) is 13.2. The van der Waals surface area contributed by atoms with E-state index in [1.165, 1.54) is 103 Å². The summed E-state index contributed by atoms with van der Waals surface area (Å²) < 4.78 is 8.47. The number of hydrogen-bond donors (Lipinski definition) is 0. The largest absolute Gasteiger partial charge is 0.387 e. The number of cyclic esters (lactones) is 2. The van der Waals surface area contributed by atoms with Gasteiger partial charge in [0, 0.05) is 12.2 Å². The van der Waals surface area contributed by atoms with E-state index in [1.54, 1.807) is 0 Å². The minimum absolute atomic E-state index is 0.579. The molecule has 0 bridgehead atoms. The van der Waals surface area contributed by atoms with Crippen LogP contribution < -0.4 is 0 Å². The maximum Gasteiger partial charge on any atom is 0.338 e. The van der Waals surface area contributed by atoms with Crippen LogP contribution in [0.5, 0.6) is 0 Å². The molecule has 0 aromatic carbocycles. The predicted molar refractivity (Wildman–Crippen MR) is 140 cm³/mol. The van der Waals surface area contributed by atoms with Crippen molar-refractivity contribution in [2.24, 2.45) is 0 Å². The van der Waals surface area contributed by atoms with Crippen molar-refractivity contribution in [3.8, 4) is 0 Å². The summed E-state index contributed by atoms with van der Waals surface area (Å²) in [6, 6.07) is 0. The van der Waals surface area contributed by atoms with Crippen LogP contribution in [-0.4, -0.2) is 50.7 Å². The van der Waals surface area contributed by atoms with Crippen molar-refractivity contribution in [1.29, 1.82) is 0 Å². The third kappa shape index (κ3) is 38.1. The molecule has 0 radical (unpaired) electrons. The lowest BCUT2D eigenvalue weighted by molar-refractivity contribution is -0.150. The number of unbranched alkanes of at least 4 members (excludes halogenated alkanes) is 13. The van der Waals surface area contributed by atoms with Crippen LogP contribution in [-0.2, 0) is 19.1 Å². The molecule has 0 amide bonds. The highest BCUT2D eigenvalue weighted by molar-refractivity contribution is 6.04. The number of epoxide rings is 1. The molecule has 33 heavy (non-hydrogen) atoms. The van der Waals surface area contributed by atoms with Gasteiger partial charge in [0.1, 0.15) is 0 Å². The number of ether oxygens (including phenoxy) is 2. The minimum Gasteiger partial charge on any atom is -0.387 e. The van der Waals surface area contributed by atoms with Gasteiger partial charge in [0.15, 0.2) is 0 Å². The predicted octanol–water partition coefficient (Wildman–Crippen LogP) is 7.25. The van der Waals surface area contributed by atoms with E-state index in [0.29, 0.717) is 0 Å². The molecule has 0 aliphatic carbocycles. The molecule has 0 aromatic heterocycles. The zero-order chi connectivity index (χ0) is 25.0. The first kappa shape index (κ1) is 33.7. The van der Waals surface area contributed by atoms with Gasteiger partial charge in [-0.15, -0.1) is 6.58 Å². The quantitative estimate of drug-likeness (QED) is 0.0786. The van der Waals surface area contributed by atoms with E-state index in [4.69, 9.17) is 0 Å². The molecular weight excluding hydrogens is 414 g/mol. The van der Waals surface area contributed by atoms with Gasteiger partial charge >= 0.3 is 11.9 Å². The summed E-state index contributed by atoms with van der Waals surface area (Å²) >= 11 is 0. The average molecular weight is 468 g/mol. The van der Waals surface area contributed by atoms with Crippen LogP contribution in [0.3, 0.4) is 0 Å². The van der Waals surface area contributed by atoms with Gasteiger partial charge in [-0.1, -0.05) is 97.0 Å². The molecule has 1 fully saturated rings. The fourth-order valence-corrected chi connectivity index (χ4v) is 2.93. The standard InChI is InChI=1S/C14H31N.C8H16.C4H2O3.C2H4O/c1-4-5-6-7-8-9-10-11-12-13-14-15(2)3;1-3-5-7-8-6-4-2;5-3-1-2-4(6)7-3;1-2-3-1/h4-14H2,1-3H3;3H,1,4-8H2,2H3;1-2H;1-2H2. The van der Waals surface area contributed by atoms with Crippen molar-refractivity contribution in [3.63, 3.8) is 0 Å². The fraction of sp³-hybridized carbons (Fsp3) is 0.786. The first-order valence-corrected chi connectivity index (χ1v) is 13.2. The molecule has 2 aliphatic heterocycles. The number of allylic oxidation sites excluding steroid dienone is 1. The molecule has 0 unspecified atom stereocenters. The first-order valence-electron chi connectivity index (χ1n) is 13.2.